The molecule has 0 aliphatic heterocycles. The van der Waals surface area contributed by atoms with Gasteiger partial charge in [-0.2, -0.15) is 0 Å². The summed E-state index contributed by atoms with van der Waals surface area (Å²) in [6.45, 7) is 19.2. The zero-order valence-corrected chi connectivity index (χ0v) is 20.3. The van der Waals surface area contributed by atoms with Crippen molar-refractivity contribution in [1.82, 2.24) is 9.80 Å². The highest BCUT2D eigenvalue weighted by atomic mass is 32.2. The van der Waals surface area contributed by atoms with Gasteiger partial charge in [-0.25, -0.2) is 0 Å². The van der Waals surface area contributed by atoms with E-state index in [4.69, 9.17) is 0 Å². The maximum Gasteiger partial charge on any atom is 0.255 e. The lowest BCUT2D eigenvalue weighted by Gasteiger charge is -2.26. The molecule has 0 bridgehead atoms. The van der Waals surface area contributed by atoms with Crippen molar-refractivity contribution in [3.05, 3.63) is 23.3 Å². The summed E-state index contributed by atoms with van der Waals surface area (Å²) >= 11 is 3.36. The minimum atomic E-state index is 0.0422. The highest BCUT2D eigenvalue weighted by Crippen LogP contribution is 2.41. The van der Waals surface area contributed by atoms with E-state index in [1.807, 2.05) is 49.6 Å². The molecule has 1 rings (SSSR count). The molecule has 0 atom stereocenters. The van der Waals surface area contributed by atoms with Gasteiger partial charge < -0.3 is 9.80 Å². The van der Waals surface area contributed by atoms with Crippen molar-refractivity contribution in [3.8, 4) is 0 Å². The number of hydrogen-bond acceptors (Lipinski definition) is 4. The third kappa shape index (κ3) is 6.18. The fourth-order valence-corrected chi connectivity index (χ4v) is 5.20. The number of rotatable bonds is 10. The highest BCUT2D eigenvalue weighted by Gasteiger charge is 2.26. The number of nitrogens with zero attached hydrogens (tertiary/aromatic N) is 2. The molecule has 28 heavy (non-hydrogen) atoms. The van der Waals surface area contributed by atoms with E-state index in [0.29, 0.717) is 47.8 Å². The van der Waals surface area contributed by atoms with Crippen LogP contribution in [0, 0.1) is 0 Å². The van der Waals surface area contributed by atoms with E-state index in [1.165, 1.54) is 0 Å². The van der Waals surface area contributed by atoms with Crippen LogP contribution in [0.25, 0.3) is 0 Å². The maximum absolute atomic E-state index is 13.2. The molecule has 0 aromatic heterocycles. The van der Waals surface area contributed by atoms with Crippen molar-refractivity contribution in [2.45, 2.75) is 75.7 Å². The highest BCUT2D eigenvalue weighted by molar-refractivity contribution is 8.03. The number of thioether (sulfide) groups is 2. The first-order valence-corrected chi connectivity index (χ1v) is 12.1. The molecule has 1 aromatic rings. The van der Waals surface area contributed by atoms with E-state index in [1.54, 1.807) is 23.5 Å². The van der Waals surface area contributed by atoms with Crippen LogP contribution in [0.1, 0.15) is 76.1 Å². The minimum Gasteiger partial charge on any atom is -0.339 e. The molecule has 6 heteroatoms. The molecule has 0 aliphatic rings. The second-order valence-corrected chi connectivity index (χ2v) is 10.3. The Morgan fingerprint density at radius 2 is 1.00 bits per heavy atom. The van der Waals surface area contributed by atoms with Gasteiger partial charge in [0.25, 0.3) is 11.8 Å². The van der Waals surface area contributed by atoms with Crippen LogP contribution < -0.4 is 0 Å². The number of amides is 2. The topological polar surface area (TPSA) is 40.6 Å². The van der Waals surface area contributed by atoms with Crippen LogP contribution >= 0.6 is 23.5 Å². The summed E-state index contributed by atoms with van der Waals surface area (Å²) in [5.41, 5.74) is 1.42. The van der Waals surface area contributed by atoms with Gasteiger partial charge in [0.15, 0.2) is 0 Å². The van der Waals surface area contributed by atoms with Crippen LogP contribution in [-0.4, -0.2) is 58.3 Å². The van der Waals surface area contributed by atoms with Crippen LogP contribution in [0.3, 0.4) is 0 Å². The lowest BCUT2D eigenvalue weighted by molar-refractivity contribution is 0.0754. The lowest BCUT2D eigenvalue weighted by atomic mass is 10.1. The van der Waals surface area contributed by atoms with Crippen molar-refractivity contribution in [2.75, 3.05) is 26.2 Å². The summed E-state index contributed by atoms with van der Waals surface area (Å²) in [7, 11) is 0. The van der Waals surface area contributed by atoms with Gasteiger partial charge >= 0.3 is 0 Å². The summed E-state index contributed by atoms with van der Waals surface area (Å²) in [6.07, 6.45) is 0. The third-order valence-corrected chi connectivity index (χ3v) is 6.77. The summed E-state index contributed by atoms with van der Waals surface area (Å²) in [4.78, 5) is 31.9. The van der Waals surface area contributed by atoms with Crippen molar-refractivity contribution >= 4 is 35.3 Å². The Hall–Kier alpha value is -1.14. The normalized spacial score (nSPS) is 11.2. The van der Waals surface area contributed by atoms with Crippen LogP contribution in [0.2, 0.25) is 0 Å². The van der Waals surface area contributed by atoms with Gasteiger partial charge in [0.1, 0.15) is 0 Å². The first kappa shape index (κ1) is 24.9. The summed E-state index contributed by atoms with van der Waals surface area (Å²) in [5, 5.41) is 0.627. The van der Waals surface area contributed by atoms with Crippen LogP contribution in [0.15, 0.2) is 21.9 Å². The van der Waals surface area contributed by atoms with Gasteiger partial charge in [0.05, 0.1) is 11.1 Å². The summed E-state index contributed by atoms with van der Waals surface area (Å²) in [6, 6.07) is 3.71. The van der Waals surface area contributed by atoms with Gasteiger partial charge in [0, 0.05) is 46.5 Å². The second kappa shape index (κ2) is 11.8. The lowest BCUT2D eigenvalue weighted by Crippen LogP contribution is -2.32. The Morgan fingerprint density at radius 1 is 0.714 bits per heavy atom. The molecular formula is C22H36N2O2S2. The Labute approximate surface area is 179 Å². The van der Waals surface area contributed by atoms with Crippen molar-refractivity contribution in [3.63, 3.8) is 0 Å². The summed E-state index contributed by atoms with van der Waals surface area (Å²) < 4.78 is 0. The number of benzene rings is 1. The van der Waals surface area contributed by atoms with Crippen molar-refractivity contribution < 1.29 is 9.59 Å². The third-order valence-electron chi connectivity index (χ3n) is 4.38. The van der Waals surface area contributed by atoms with Crippen molar-refractivity contribution in [1.29, 1.82) is 0 Å². The predicted molar refractivity (Wildman–Crippen MR) is 123 cm³/mol. The van der Waals surface area contributed by atoms with E-state index >= 15 is 0 Å². The van der Waals surface area contributed by atoms with Crippen LogP contribution in [0.4, 0.5) is 0 Å². The molecule has 1 aromatic carbocycles. The Balaban J connectivity index is 3.68. The number of carbonyl (C=O) groups is 2. The first-order chi connectivity index (χ1) is 13.2. The van der Waals surface area contributed by atoms with Crippen molar-refractivity contribution in [2.24, 2.45) is 0 Å². The predicted octanol–water partition coefficient (Wildman–Crippen LogP) is 5.65. The molecule has 158 valence electrons. The van der Waals surface area contributed by atoms with E-state index in [0.717, 1.165) is 9.79 Å². The Kier molecular flexibility index (Phi) is 10.5. The molecule has 0 N–H and O–H groups in total. The summed E-state index contributed by atoms with van der Waals surface area (Å²) in [5.74, 6) is 0.0844. The Bertz CT molecular complexity index is 610. The fourth-order valence-electron chi connectivity index (χ4n) is 2.97. The average molecular weight is 425 g/mol. The standard InChI is InChI=1S/C22H36N2O2S2/c1-9-23(10-2)21(25)17-13-14-18(22(26)24(11-3)12-4)20(28-16(7)8)19(17)27-15(5)6/h13-16H,9-12H2,1-8H3. The molecule has 0 spiro atoms. The second-order valence-electron chi connectivity index (χ2n) is 7.11. The monoisotopic (exact) mass is 424 g/mol. The first-order valence-electron chi connectivity index (χ1n) is 10.3. The molecule has 0 heterocycles. The molecule has 0 aliphatic carbocycles. The van der Waals surface area contributed by atoms with E-state index in [9.17, 15) is 9.59 Å². The molecule has 0 saturated carbocycles. The van der Waals surface area contributed by atoms with Gasteiger partial charge in [-0.15, -0.1) is 23.5 Å². The van der Waals surface area contributed by atoms with Gasteiger partial charge in [-0.1, -0.05) is 27.7 Å². The van der Waals surface area contributed by atoms with Gasteiger partial charge in [0.2, 0.25) is 0 Å². The molecule has 0 radical (unpaired) electrons. The van der Waals surface area contributed by atoms with E-state index < -0.39 is 0 Å². The quantitative estimate of drug-likeness (QED) is 0.455. The minimum absolute atomic E-state index is 0.0422. The zero-order chi connectivity index (χ0) is 21.4. The zero-order valence-electron chi connectivity index (χ0n) is 18.7. The average Bonchev–Trinajstić information content (AvgIpc) is 2.63. The number of carbonyl (C=O) groups excluding carboxylic acids is 2. The fraction of sp³-hybridized carbons (Fsp3) is 0.636. The molecule has 2 amide bonds. The maximum atomic E-state index is 13.2. The molecule has 0 saturated heterocycles. The van der Waals surface area contributed by atoms with E-state index in [2.05, 4.69) is 27.7 Å². The smallest absolute Gasteiger partial charge is 0.255 e. The van der Waals surface area contributed by atoms with Crippen LogP contribution in [-0.2, 0) is 0 Å². The largest absolute Gasteiger partial charge is 0.339 e. The van der Waals surface area contributed by atoms with Crippen LogP contribution in [0.5, 0.6) is 0 Å². The SMILES string of the molecule is CCN(CC)C(=O)c1ccc(C(=O)N(CC)CC)c(SC(C)C)c1SC(C)C. The van der Waals surface area contributed by atoms with Gasteiger partial charge in [-0.3, -0.25) is 9.59 Å². The Morgan fingerprint density at radius 3 is 1.21 bits per heavy atom. The molecular weight excluding hydrogens is 388 g/mol. The number of hydrogen-bond donors (Lipinski definition) is 0. The molecule has 0 unspecified atom stereocenters. The molecule has 0 fully saturated rings. The molecule has 4 nitrogen and oxygen atoms in total. The van der Waals surface area contributed by atoms with Gasteiger partial charge in [-0.05, 0) is 39.8 Å². The van der Waals surface area contributed by atoms with E-state index in [-0.39, 0.29) is 11.8 Å².